The molecule has 0 aliphatic carbocycles. The monoisotopic (exact) mass is 220 g/mol. The molecule has 0 radical (unpaired) electrons. The highest BCUT2D eigenvalue weighted by molar-refractivity contribution is 6.33. The normalized spacial score (nSPS) is 11.2. The number of rotatable bonds is 3. The van der Waals surface area contributed by atoms with Gasteiger partial charge in [-0.15, -0.1) is 0 Å². The first kappa shape index (κ1) is 12.4. The maximum atomic E-state index is 11.2. The first-order valence-electron chi connectivity index (χ1n) is 5.17. The number of hydrogen-bond donors (Lipinski definition) is 1. The standard InChI is InChI=1S/C13H16O3/c1-13(2,3)10-7-5-4-6-9(10)8-11(14)12(15)16/h4-7H,8H2,1-3H3,(H,15,16). The Bertz CT molecular complexity index is 413. The molecule has 0 fully saturated rings. The molecule has 1 aromatic rings. The van der Waals surface area contributed by atoms with Gasteiger partial charge in [0, 0.05) is 6.42 Å². The molecule has 0 bridgehead atoms. The summed E-state index contributed by atoms with van der Waals surface area (Å²) in [5.41, 5.74) is 1.72. The van der Waals surface area contributed by atoms with Crippen LogP contribution in [0.25, 0.3) is 0 Å². The minimum absolute atomic E-state index is 0.0389. The quantitative estimate of drug-likeness (QED) is 0.794. The zero-order chi connectivity index (χ0) is 12.3. The third-order valence-electron chi connectivity index (χ3n) is 2.41. The number of carboxylic acids is 1. The van der Waals surface area contributed by atoms with Crippen molar-refractivity contribution in [1.82, 2.24) is 0 Å². The van der Waals surface area contributed by atoms with E-state index in [9.17, 15) is 9.59 Å². The molecule has 0 aromatic heterocycles. The summed E-state index contributed by atoms with van der Waals surface area (Å²) in [4.78, 5) is 21.7. The van der Waals surface area contributed by atoms with Gasteiger partial charge in [0.25, 0.3) is 0 Å². The molecule has 1 aromatic carbocycles. The Hall–Kier alpha value is -1.64. The van der Waals surface area contributed by atoms with Crippen molar-refractivity contribution in [2.45, 2.75) is 32.6 Å². The van der Waals surface area contributed by atoms with E-state index < -0.39 is 11.8 Å². The van der Waals surface area contributed by atoms with Gasteiger partial charge in [0.2, 0.25) is 5.78 Å². The fourth-order valence-electron chi connectivity index (χ4n) is 1.65. The van der Waals surface area contributed by atoms with Crippen LogP contribution in [0.5, 0.6) is 0 Å². The van der Waals surface area contributed by atoms with Crippen LogP contribution in [0.4, 0.5) is 0 Å². The van der Waals surface area contributed by atoms with Crippen molar-refractivity contribution in [3.63, 3.8) is 0 Å². The zero-order valence-electron chi connectivity index (χ0n) is 9.78. The van der Waals surface area contributed by atoms with Gasteiger partial charge in [-0.1, -0.05) is 45.0 Å². The molecule has 1 N–H and O–H groups in total. The van der Waals surface area contributed by atoms with E-state index in [-0.39, 0.29) is 11.8 Å². The van der Waals surface area contributed by atoms with Gasteiger partial charge in [-0.05, 0) is 16.5 Å². The fraction of sp³-hybridized carbons (Fsp3) is 0.385. The lowest BCUT2D eigenvalue weighted by Gasteiger charge is -2.22. The van der Waals surface area contributed by atoms with Crippen LogP contribution < -0.4 is 0 Å². The van der Waals surface area contributed by atoms with Gasteiger partial charge in [-0.25, -0.2) is 4.79 Å². The fourth-order valence-corrected chi connectivity index (χ4v) is 1.65. The molecule has 0 saturated heterocycles. The van der Waals surface area contributed by atoms with E-state index in [2.05, 4.69) is 0 Å². The average Bonchev–Trinajstić information content (AvgIpc) is 2.16. The molecule has 0 spiro atoms. The summed E-state index contributed by atoms with van der Waals surface area (Å²) in [6.07, 6.45) is -0.0389. The second kappa shape index (κ2) is 4.47. The summed E-state index contributed by atoms with van der Waals surface area (Å²) < 4.78 is 0. The van der Waals surface area contributed by atoms with Gasteiger partial charge in [-0.3, -0.25) is 4.79 Å². The van der Waals surface area contributed by atoms with Gasteiger partial charge >= 0.3 is 5.97 Å². The molecule has 3 nitrogen and oxygen atoms in total. The minimum Gasteiger partial charge on any atom is -0.475 e. The molecule has 0 saturated carbocycles. The maximum absolute atomic E-state index is 11.2. The van der Waals surface area contributed by atoms with E-state index in [1.165, 1.54) is 0 Å². The molecular formula is C13H16O3. The minimum atomic E-state index is -1.37. The lowest BCUT2D eigenvalue weighted by molar-refractivity contribution is -0.148. The van der Waals surface area contributed by atoms with Crippen molar-refractivity contribution in [3.05, 3.63) is 35.4 Å². The summed E-state index contributed by atoms with van der Waals surface area (Å²) in [7, 11) is 0. The van der Waals surface area contributed by atoms with Crippen LogP contribution >= 0.6 is 0 Å². The molecule has 0 amide bonds. The van der Waals surface area contributed by atoms with Crippen molar-refractivity contribution in [3.8, 4) is 0 Å². The van der Waals surface area contributed by atoms with E-state index in [0.29, 0.717) is 0 Å². The van der Waals surface area contributed by atoms with Gasteiger partial charge in [0.15, 0.2) is 0 Å². The highest BCUT2D eigenvalue weighted by Gasteiger charge is 2.20. The topological polar surface area (TPSA) is 54.4 Å². The zero-order valence-corrected chi connectivity index (χ0v) is 9.78. The molecular weight excluding hydrogens is 204 g/mol. The summed E-state index contributed by atoms with van der Waals surface area (Å²) in [5, 5.41) is 8.59. The second-order valence-corrected chi connectivity index (χ2v) is 4.81. The van der Waals surface area contributed by atoms with Crippen LogP contribution in [-0.2, 0) is 21.4 Å². The number of Topliss-reactive ketones (excluding diaryl/α,β-unsaturated/α-hetero) is 1. The molecule has 86 valence electrons. The van der Waals surface area contributed by atoms with Crippen molar-refractivity contribution in [2.24, 2.45) is 0 Å². The lowest BCUT2D eigenvalue weighted by Crippen LogP contribution is -2.20. The SMILES string of the molecule is CC(C)(C)c1ccccc1CC(=O)C(=O)O. The summed E-state index contributed by atoms with van der Waals surface area (Å²) >= 11 is 0. The highest BCUT2D eigenvalue weighted by atomic mass is 16.4. The third-order valence-corrected chi connectivity index (χ3v) is 2.41. The first-order valence-corrected chi connectivity index (χ1v) is 5.17. The number of ketones is 1. The average molecular weight is 220 g/mol. The van der Waals surface area contributed by atoms with Gasteiger partial charge in [0.1, 0.15) is 0 Å². The Kier molecular flexibility index (Phi) is 3.48. The van der Waals surface area contributed by atoms with E-state index >= 15 is 0 Å². The Labute approximate surface area is 95.1 Å². The van der Waals surface area contributed by atoms with Gasteiger partial charge in [0.05, 0.1) is 0 Å². The number of hydrogen-bond acceptors (Lipinski definition) is 2. The van der Waals surface area contributed by atoms with Crippen LogP contribution in [0.2, 0.25) is 0 Å². The molecule has 0 aliphatic rings. The van der Waals surface area contributed by atoms with Gasteiger partial charge in [-0.2, -0.15) is 0 Å². The Morgan fingerprint density at radius 1 is 1.19 bits per heavy atom. The van der Waals surface area contributed by atoms with Crippen LogP contribution in [-0.4, -0.2) is 16.9 Å². The Morgan fingerprint density at radius 2 is 1.75 bits per heavy atom. The first-order chi connectivity index (χ1) is 7.32. The summed E-state index contributed by atoms with van der Waals surface area (Å²) in [5.74, 6) is -2.14. The molecule has 0 heterocycles. The number of carboxylic acid groups (broad SMARTS) is 1. The molecule has 16 heavy (non-hydrogen) atoms. The smallest absolute Gasteiger partial charge is 0.372 e. The van der Waals surface area contributed by atoms with E-state index in [0.717, 1.165) is 11.1 Å². The number of carbonyl (C=O) groups excluding carboxylic acids is 1. The molecule has 1 rings (SSSR count). The third kappa shape index (κ3) is 2.92. The second-order valence-electron chi connectivity index (χ2n) is 4.81. The molecule has 0 aliphatic heterocycles. The van der Waals surface area contributed by atoms with Crippen LogP contribution in [0.3, 0.4) is 0 Å². The van der Waals surface area contributed by atoms with E-state index in [1.807, 2.05) is 39.0 Å². The van der Waals surface area contributed by atoms with Gasteiger partial charge < -0.3 is 5.11 Å². The van der Waals surface area contributed by atoms with Crippen molar-refractivity contribution >= 4 is 11.8 Å². The van der Waals surface area contributed by atoms with Crippen LogP contribution in [0, 0.1) is 0 Å². The Morgan fingerprint density at radius 3 is 2.25 bits per heavy atom. The predicted molar refractivity (Wildman–Crippen MR) is 61.5 cm³/mol. The molecule has 3 heteroatoms. The van der Waals surface area contributed by atoms with Crippen molar-refractivity contribution in [1.29, 1.82) is 0 Å². The number of carbonyl (C=O) groups is 2. The van der Waals surface area contributed by atoms with E-state index in [1.54, 1.807) is 6.07 Å². The number of benzene rings is 1. The van der Waals surface area contributed by atoms with Crippen molar-refractivity contribution < 1.29 is 14.7 Å². The Balaban J connectivity index is 3.05. The largest absolute Gasteiger partial charge is 0.475 e. The molecule has 0 unspecified atom stereocenters. The van der Waals surface area contributed by atoms with Crippen LogP contribution in [0.1, 0.15) is 31.9 Å². The molecule has 0 atom stereocenters. The number of aliphatic carboxylic acids is 1. The van der Waals surface area contributed by atoms with Crippen molar-refractivity contribution in [2.75, 3.05) is 0 Å². The summed E-state index contributed by atoms with van der Waals surface area (Å²) in [6.45, 7) is 6.12. The van der Waals surface area contributed by atoms with Crippen LogP contribution in [0.15, 0.2) is 24.3 Å². The highest BCUT2D eigenvalue weighted by Crippen LogP contribution is 2.26. The summed E-state index contributed by atoms with van der Waals surface area (Å²) in [6, 6.07) is 7.46. The lowest BCUT2D eigenvalue weighted by atomic mass is 9.82. The maximum Gasteiger partial charge on any atom is 0.372 e. The predicted octanol–water partition coefficient (Wildman–Crippen LogP) is 2.18. The van der Waals surface area contributed by atoms with E-state index in [4.69, 9.17) is 5.11 Å².